The van der Waals surface area contributed by atoms with Gasteiger partial charge in [-0.25, -0.2) is 0 Å². The fourth-order valence-electron chi connectivity index (χ4n) is 3.12. The van der Waals surface area contributed by atoms with E-state index in [4.69, 9.17) is 15.2 Å². The summed E-state index contributed by atoms with van der Waals surface area (Å²) in [7, 11) is 3.35. The van der Waals surface area contributed by atoms with E-state index in [1.165, 1.54) is 0 Å². The Balaban J connectivity index is 2.32. The summed E-state index contributed by atoms with van der Waals surface area (Å²) >= 11 is 2.05. The number of rotatable bonds is 5. The average molecular weight is 310 g/mol. The number of ether oxygens (including phenoxy) is 2. The van der Waals surface area contributed by atoms with Crippen LogP contribution in [-0.2, 0) is 0 Å². The molecular weight excluding hydrogens is 284 g/mol. The molecule has 0 aromatic heterocycles. The van der Waals surface area contributed by atoms with Crippen molar-refractivity contribution in [3.05, 3.63) is 23.8 Å². The van der Waals surface area contributed by atoms with Crippen LogP contribution in [-0.4, -0.2) is 49.3 Å². The minimum absolute atomic E-state index is 0.167. The second kappa shape index (κ2) is 7.38. The monoisotopic (exact) mass is 310 g/mol. The molecule has 0 spiro atoms. The number of nitrogens with zero attached hydrogens (tertiary/aromatic N) is 1. The first-order valence-electron chi connectivity index (χ1n) is 7.41. The quantitative estimate of drug-likeness (QED) is 0.905. The Morgan fingerprint density at radius 1 is 1.24 bits per heavy atom. The molecule has 1 saturated heterocycles. The summed E-state index contributed by atoms with van der Waals surface area (Å²) in [6, 6.07) is 6.19. The average Bonchev–Trinajstić information content (AvgIpc) is 2.46. The Kier molecular flexibility index (Phi) is 5.79. The van der Waals surface area contributed by atoms with Crippen LogP contribution in [0.4, 0.5) is 0 Å². The Labute approximate surface area is 132 Å². The van der Waals surface area contributed by atoms with Gasteiger partial charge in [0.05, 0.1) is 20.3 Å². The molecule has 4 nitrogen and oxygen atoms in total. The largest absolute Gasteiger partial charge is 0.493 e. The van der Waals surface area contributed by atoms with Crippen LogP contribution in [0.25, 0.3) is 0 Å². The maximum Gasteiger partial charge on any atom is 0.165 e. The zero-order valence-electron chi connectivity index (χ0n) is 13.3. The van der Waals surface area contributed by atoms with E-state index in [0.29, 0.717) is 17.0 Å². The SMILES string of the molecule is COc1cccc(C(CN)N2CC(C)SC(C)C2)c1OC. The van der Waals surface area contributed by atoms with Crippen LogP contribution in [0.15, 0.2) is 18.2 Å². The molecule has 2 N–H and O–H groups in total. The van der Waals surface area contributed by atoms with Gasteiger partial charge in [-0.15, -0.1) is 0 Å². The van der Waals surface area contributed by atoms with E-state index in [1.54, 1.807) is 14.2 Å². The number of thioether (sulfide) groups is 1. The first-order chi connectivity index (χ1) is 10.1. The van der Waals surface area contributed by atoms with Crippen LogP contribution in [0.5, 0.6) is 11.5 Å². The van der Waals surface area contributed by atoms with Crippen molar-refractivity contribution in [3.8, 4) is 11.5 Å². The van der Waals surface area contributed by atoms with Crippen molar-refractivity contribution in [2.45, 2.75) is 30.4 Å². The molecule has 1 aliphatic heterocycles. The molecule has 1 fully saturated rings. The summed E-state index contributed by atoms with van der Waals surface area (Å²) in [5.41, 5.74) is 7.21. The van der Waals surface area contributed by atoms with E-state index < -0.39 is 0 Å². The lowest BCUT2D eigenvalue weighted by atomic mass is 10.0. The van der Waals surface area contributed by atoms with Crippen molar-refractivity contribution in [1.29, 1.82) is 0 Å². The van der Waals surface area contributed by atoms with Crippen LogP contribution in [0.3, 0.4) is 0 Å². The topological polar surface area (TPSA) is 47.7 Å². The van der Waals surface area contributed by atoms with E-state index in [1.807, 2.05) is 23.9 Å². The van der Waals surface area contributed by atoms with E-state index in [2.05, 4.69) is 24.8 Å². The number of nitrogens with two attached hydrogens (primary N) is 1. The van der Waals surface area contributed by atoms with Crippen LogP contribution in [0.2, 0.25) is 0 Å². The molecule has 0 aliphatic carbocycles. The zero-order chi connectivity index (χ0) is 15.4. The van der Waals surface area contributed by atoms with E-state index in [9.17, 15) is 0 Å². The van der Waals surface area contributed by atoms with Gasteiger partial charge in [-0.2, -0.15) is 11.8 Å². The molecule has 0 radical (unpaired) electrons. The van der Waals surface area contributed by atoms with Crippen LogP contribution in [0.1, 0.15) is 25.5 Å². The van der Waals surface area contributed by atoms with Gasteiger partial charge in [-0.1, -0.05) is 26.0 Å². The van der Waals surface area contributed by atoms with E-state index in [-0.39, 0.29) is 6.04 Å². The molecule has 2 rings (SSSR count). The van der Waals surface area contributed by atoms with Crippen molar-refractivity contribution in [2.75, 3.05) is 33.9 Å². The van der Waals surface area contributed by atoms with Gasteiger partial charge in [0, 0.05) is 35.7 Å². The van der Waals surface area contributed by atoms with Crippen molar-refractivity contribution in [3.63, 3.8) is 0 Å². The molecule has 21 heavy (non-hydrogen) atoms. The van der Waals surface area contributed by atoms with Crippen LogP contribution >= 0.6 is 11.8 Å². The fourth-order valence-corrected chi connectivity index (χ4v) is 4.47. The minimum Gasteiger partial charge on any atom is -0.493 e. The maximum atomic E-state index is 6.10. The molecular formula is C16H26N2O2S. The molecule has 1 aromatic rings. The van der Waals surface area contributed by atoms with Gasteiger partial charge in [0.15, 0.2) is 11.5 Å². The van der Waals surface area contributed by atoms with Crippen molar-refractivity contribution in [2.24, 2.45) is 5.73 Å². The smallest absolute Gasteiger partial charge is 0.165 e. The third-order valence-electron chi connectivity index (χ3n) is 3.90. The molecule has 0 saturated carbocycles. The summed E-state index contributed by atoms with van der Waals surface area (Å²) in [4.78, 5) is 2.48. The Morgan fingerprint density at radius 2 is 1.90 bits per heavy atom. The molecule has 0 bridgehead atoms. The highest BCUT2D eigenvalue weighted by Gasteiger charge is 2.30. The Bertz CT molecular complexity index is 460. The Morgan fingerprint density at radius 3 is 2.43 bits per heavy atom. The minimum atomic E-state index is 0.167. The number of hydrogen-bond donors (Lipinski definition) is 1. The van der Waals surface area contributed by atoms with Crippen LogP contribution in [0, 0.1) is 0 Å². The number of para-hydroxylation sites is 1. The lowest BCUT2D eigenvalue weighted by Gasteiger charge is -2.40. The molecule has 118 valence electrons. The Hall–Kier alpha value is -0.910. The van der Waals surface area contributed by atoms with Gasteiger partial charge in [0.1, 0.15) is 0 Å². The third-order valence-corrected chi connectivity index (χ3v) is 5.13. The molecule has 1 heterocycles. The molecule has 5 heteroatoms. The summed E-state index contributed by atoms with van der Waals surface area (Å²) in [5.74, 6) is 1.56. The standard InChI is InChI=1S/C16H26N2O2S/c1-11-9-18(10-12(2)21-11)14(8-17)13-6-5-7-15(19-3)16(13)20-4/h5-7,11-12,14H,8-10,17H2,1-4H3. The second-order valence-corrected chi connectivity index (χ2v) is 7.43. The highest BCUT2D eigenvalue weighted by Crippen LogP contribution is 2.38. The zero-order valence-corrected chi connectivity index (χ0v) is 14.2. The molecule has 3 atom stereocenters. The van der Waals surface area contributed by atoms with Gasteiger partial charge < -0.3 is 15.2 Å². The summed E-state index contributed by atoms with van der Waals surface area (Å²) in [6.45, 7) is 7.25. The third kappa shape index (κ3) is 3.65. The fraction of sp³-hybridized carbons (Fsp3) is 0.625. The summed E-state index contributed by atoms with van der Waals surface area (Å²) in [5, 5.41) is 1.25. The first-order valence-corrected chi connectivity index (χ1v) is 8.35. The molecule has 1 aromatic carbocycles. The predicted molar refractivity (Wildman–Crippen MR) is 89.4 cm³/mol. The highest BCUT2D eigenvalue weighted by molar-refractivity contribution is 8.00. The van der Waals surface area contributed by atoms with Gasteiger partial charge in [-0.05, 0) is 6.07 Å². The van der Waals surface area contributed by atoms with Crippen molar-refractivity contribution >= 4 is 11.8 Å². The number of hydrogen-bond acceptors (Lipinski definition) is 5. The van der Waals surface area contributed by atoms with Gasteiger partial charge in [0.25, 0.3) is 0 Å². The van der Waals surface area contributed by atoms with Gasteiger partial charge in [0.2, 0.25) is 0 Å². The normalized spacial score (nSPS) is 24.6. The first kappa shape index (κ1) is 16.5. The maximum absolute atomic E-state index is 6.10. The van der Waals surface area contributed by atoms with Crippen molar-refractivity contribution < 1.29 is 9.47 Å². The van der Waals surface area contributed by atoms with Gasteiger partial charge in [-0.3, -0.25) is 4.90 Å². The van der Waals surface area contributed by atoms with E-state index >= 15 is 0 Å². The molecule has 3 unspecified atom stereocenters. The highest BCUT2D eigenvalue weighted by atomic mass is 32.2. The van der Waals surface area contributed by atoms with Crippen LogP contribution < -0.4 is 15.2 Å². The predicted octanol–water partition coefficient (Wildman–Crippen LogP) is 2.53. The number of benzene rings is 1. The van der Waals surface area contributed by atoms with Gasteiger partial charge >= 0.3 is 0 Å². The summed E-state index contributed by atoms with van der Waals surface area (Å²) in [6.07, 6.45) is 0. The van der Waals surface area contributed by atoms with Crippen molar-refractivity contribution in [1.82, 2.24) is 4.90 Å². The molecule has 1 aliphatic rings. The number of methoxy groups -OCH3 is 2. The summed E-state index contributed by atoms with van der Waals surface area (Å²) < 4.78 is 11.0. The van der Waals surface area contributed by atoms with E-state index in [0.717, 1.165) is 30.2 Å². The second-order valence-electron chi connectivity index (χ2n) is 5.55. The lowest BCUT2D eigenvalue weighted by Crippen LogP contribution is -2.44. The lowest BCUT2D eigenvalue weighted by molar-refractivity contribution is 0.195. The molecule has 0 amide bonds.